The van der Waals surface area contributed by atoms with Crippen LogP contribution in [0.2, 0.25) is 0 Å². The first-order valence-corrected chi connectivity index (χ1v) is 6.10. The molecule has 1 aromatic heterocycles. The highest BCUT2D eigenvalue weighted by atomic mass is 32.2. The normalized spacial score (nSPS) is 9.82. The number of benzene rings is 1. The van der Waals surface area contributed by atoms with Crippen LogP contribution in [0.1, 0.15) is 11.3 Å². The number of nitrogens with two attached hydrogens (primary N) is 1. The van der Waals surface area contributed by atoms with Crippen molar-refractivity contribution in [2.75, 3.05) is 5.73 Å². The minimum atomic E-state index is 0.448. The summed E-state index contributed by atoms with van der Waals surface area (Å²) in [7, 11) is 0. The van der Waals surface area contributed by atoms with E-state index in [1.807, 2.05) is 36.4 Å². The van der Waals surface area contributed by atoms with Crippen LogP contribution in [0.25, 0.3) is 0 Å². The third-order valence-corrected chi connectivity index (χ3v) is 3.41. The van der Waals surface area contributed by atoms with Gasteiger partial charge in [-0.3, -0.25) is 0 Å². The average molecular weight is 241 g/mol. The van der Waals surface area contributed by atoms with Crippen molar-refractivity contribution in [2.45, 2.75) is 10.6 Å². The van der Waals surface area contributed by atoms with Gasteiger partial charge < -0.3 is 5.73 Å². The Kier molecular flexibility index (Phi) is 3.63. The van der Waals surface area contributed by atoms with Gasteiger partial charge in [0.2, 0.25) is 0 Å². The molecule has 0 saturated heterocycles. The van der Waals surface area contributed by atoms with Crippen molar-refractivity contribution in [3.63, 3.8) is 0 Å². The number of thioether (sulfide) groups is 1. The molecule has 0 atom stereocenters. The summed E-state index contributed by atoms with van der Waals surface area (Å²) in [4.78, 5) is 4.99. The lowest BCUT2D eigenvalue weighted by molar-refractivity contribution is 1.22. The minimum absolute atomic E-state index is 0.448. The van der Waals surface area contributed by atoms with Crippen LogP contribution in [0.4, 0.5) is 5.69 Å². The lowest BCUT2D eigenvalue weighted by Gasteiger charge is -2.04. The first-order valence-electron chi connectivity index (χ1n) is 5.12. The summed E-state index contributed by atoms with van der Waals surface area (Å²) in [6.45, 7) is 0. The zero-order valence-corrected chi connectivity index (χ0v) is 9.95. The monoisotopic (exact) mass is 241 g/mol. The van der Waals surface area contributed by atoms with Crippen molar-refractivity contribution in [3.05, 3.63) is 53.9 Å². The van der Waals surface area contributed by atoms with Gasteiger partial charge >= 0.3 is 0 Å². The molecule has 2 rings (SSSR count). The highest BCUT2D eigenvalue weighted by molar-refractivity contribution is 7.98. The highest BCUT2D eigenvalue weighted by Crippen LogP contribution is 2.27. The summed E-state index contributed by atoms with van der Waals surface area (Å²) >= 11 is 1.66. The number of nitriles is 1. The Hall–Kier alpha value is -1.99. The molecular formula is C13H11N3S. The van der Waals surface area contributed by atoms with Crippen molar-refractivity contribution in [1.29, 1.82) is 5.26 Å². The number of nitrogen functional groups attached to an aromatic ring is 1. The molecule has 2 N–H and O–H groups in total. The van der Waals surface area contributed by atoms with Gasteiger partial charge in [-0.1, -0.05) is 12.1 Å². The molecule has 1 heterocycles. The van der Waals surface area contributed by atoms with Crippen LogP contribution >= 0.6 is 11.8 Å². The molecule has 0 amide bonds. The molecule has 0 bridgehead atoms. The molecule has 0 spiro atoms. The first kappa shape index (κ1) is 11.5. The molecule has 0 aliphatic carbocycles. The van der Waals surface area contributed by atoms with Gasteiger partial charge in [0.15, 0.2) is 0 Å². The molecular weight excluding hydrogens is 230 g/mol. The number of rotatable bonds is 3. The van der Waals surface area contributed by atoms with Crippen LogP contribution in [-0.2, 0) is 5.75 Å². The number of hydrogen-bond acceptors (Lipinski definition) is 4. The highest BCUT2D eigenvalue weighted by Gasteiger charge is 2.01. The van der Waals surface area contributed by atoms with Crippen LogP contribution in [0, 0.1) is 11.3 Å². The fraction of sp³-hybridized carbons (Fsp3) is 0.0769. The number of pyridine rings is 1. The Labute approximate surface area is 104 Å². The second-order valence-corrected chi connectivity index (χ2v) is 4.50. The largest absolute Gasteiger partial charge is 0.398 e. The summed E-state index contributed by atoms with van der Waals surface area (Å²) in [5.41, 5.74) is 8.16. The summed E-state index contributed by atoms with van der Waals surface area (Å²) in [6, 6.07) is 13.5. The van der Waals surface area contributed by atoms with Crippen molar-refractivity contribution in [2.24, 2.45) is 0 Å². The Morgan fingerprint density at radius 2 is 2.12 bits per heavy atom. The number of anilines is 1. The van der Waals surface area contributed by atoms with Gasteiger partial charge in [-0.15, -0.1) is 11.8 Å². The number of nitrogens with zero attached hydrogens (tertiary/aromatic N) is 2. The van der Waals surface area contributed by atoms with E-state index < -0.39 is 0 Å². The van der Waals surface area contributed by atoms with E-state index in [9.17, 15) is 0 Å². The van der Waals surface area contributed by atoms with E-state index in [1.54, 1.807) is 24.0 Å². The molecule has 84 valence electrons. The smallest absolute Gasteiger partial charge is 0.140 e. The lowest BCUT2D eigenvalue weighted by atomic mass is 10.2. The zero-order chi connectivity index (χ0) is 12.1. The average Bonchev–Trinajstić information content (AvgIpc) is 2.38. The van der Waals surface area contributed by atoms with Crippen LogP contribution in [0.5, 0.6) is 0 Å². The van der Waals surface area contributed by atoms with Gasteiger partial charge in [0, 0.05) is 22.5 Å². The van der Waals surface area contributed by atoms with Crippen molar-refractivity contribution in [1.82, 2.24) is 4.98 Å². The Balaban J connectivity index is 2.08. The van der Waals surface area contributed by atoms with Gasteiger partial charge in [-0.25, -0.2) is 4.98 Å². The van der Waals surface area contributed by atoms with E-state index in [0.29, 0.717) is 5.69 Å². The maximum Gasteiger partial charge on any atom is 0.140 e. The first-order chi connectivity index (χ1) is 8.29. The molecule has 2 aromatic rings. The molecule has 0 aliphatic rings. The molecule has 0 fully saturated rings. The molecule has 17 heavy (non-hydrogen) atoms. The SMILES string of the molecule is N#Cc1cc(CSc2ccccc2N)ccn1. The van der Waals surface area contributed by atoms with Gasteiger partial charge in [0.1, 0.15) is 11.8 Å². The molecule has 0 radical (unpaired) electrons. The van der Waals surface area contributed by atoms with E-state index in [-0.39, 0.29) is 0 Å². The predicted octanol–water partition coefficient (Wildman–Crippen LogP) is 2.83. The van der Waals surface area contributed by atoms with Crippen molar-refractivity contribution >= 4 is 17.4 Å². The molecule has 1 aromatic carbocycles. The number of hydrogen-bond donors (Lipinski definition) is 1. The minimum Gasteiger partial charge on any atom is -0.398 e. The molecule has 4 heteroatoms. The van der Waals surface area contributed by atoms with Gasteiger partial charge in [0.05, 0.1) is 0 Å². The van der Waals surface area contributed by atoms with E-state index >= 15 is 0 Å². The van der Waals surface area contributed by atoms with Crippen LogP contribution in [0.3, 0.4) is 0 Å². The van der Waals surface area contributed by atoms with Crippen LogP contribution < -0.4 is 5.73 Å². The molecule has 0 aliphatic heterocycles. The lowest BCUT2D eigenvalue weighted by Crippen LogP contribution is -1.89. The summed E-state index contributed by atoms with van der Waals surface area (Å²) in [6.07, 6.45) is 1.66. The second kappa shape index (κ2) is 5.37. The fourth-order valence-corrected chi connectivity index (χ4v) is 2.31. The Morgan fingerprint density at radius 1 is 1.29 bits per heavy atom. The van der Waals surface area contributed by atoms with Gasteiger partial charge in [0.25, 0.3) is 0 Å². The van der Waals surface area contributed by atoms with Crippen molar-refractivity contribution < 1.29 is 0 Å². The maximum absolute atomic E-state index is 8.75. The molecule has 0 saturated carbocycles. The zero-order valence-electron chi connectivity index (χ0n) is 9.13. The van der Waals surface area contributed by atoms with E-state index in [1.165, 1.54) is 0 Å². The summed E-state index contributed by atoms with van der Waals surface area (Å²) in [5.74, 6) is 0.783. The van der Waals surface area contributed by atoms with Crippen LogP contribution in [0.15, 0.2) is 47.5 Å². The number of para-hydroxylation sites is 1. The Bertz CT molecular complexity index is 561. The molecule has 3 nitrogen and oxygen atoms in total. The van der Waals surface area contributed by atoms with Gasteiger partial charge in [-0.05, 0) is 29.8 Å². The third kappa shape index (κ3) is 2.99. The maximum atomic E-state index is 8.75. The third-order valence-electron chi connectivity index (χ3n) is 2.25. The summed E-state index contributed by atoms with van der Waals surface area (Å²) in [5, 5.41) is 8.75. The van der Waals surface area contributed by atoms with E-state index in [2.05, 4.69) is 4.98 Å². The van der Waals surface area contributed by atoms with Crippen molar-refractivity contribution in [3.8, 4) is 6.07 Å². The quantitative estimate of drug-likeness (QED) is 0.663. The van der Waals surface area contributed by atoms with Gasteiger partial charge in [-0.2, -0.15) is 5.26 Å². The van der Waals surface area contributed by atoms with Crippen LogP contribution in [-0.4, -0.2) is 4.98 Å². The predicted molar refractivity (Wildman–Crippen MR) is 69.4 cm³/mol. The molecule has 0 unspecified atom stereocenters. The van der Waals surface area contributed by atoms with E-state index in [4.69, 9.17) is 11.0 Å². The second-order valence-electron chi connectivity index (χ2n) is 3.49. The topological polar surface area (TPSA) is 62.7 Å². The standard InChI is InChI=1S/C13H11N3S/c14-8-11-7-10(5-6-16-11)9-17-13-4-2-1-3-12(13)15/h1-7H,9,15H2. The number of aromatic nitrogens is 1. The summed E-state index contributed by atoms with van der Waals surface area (Å²) < 4.78 is 0. The fourth-order valence-electron chi connectivity index (χ4n) is 1.40. The van der Waals surface area contributed by atoms with E-state index in [0.717, 1.165) is 21.9 Å². The Morgan fingerprint density at radius 3 is 2.88 bits per heavy atom.